The Kier molecular flexibility index (Phi) is 12.4. The van der Waals surface area contributed by atoms with Crippen LogP contribution in [0.3, 0.4) is 0 Å². The number of fused-ring (bicyclic) bond motifs is 2. The van der Waals surface area contributed by atoms with Crippen molar-refractivity contribution in [1.29, 1.82) is 0 Å². The number of benzene rings is 3. The molecule has 7 heteroatoms. The molecule has 1 aliphatic heterocycles. The monoisotopic (exact) mass is 563 g/mol. The number of halogens is 1. The molecule has 5 rings (SSSR count). The van der Waals surface area contributed by atoms with Crippen molar-refractivity contribution in [2.75, 3.05) is 32.5 Å². The van der Waals surface area contributed by atoms with Crippen molar-refractivity contribution in [3.05, 3.63) is 83.0 Å². The van der Waals surface area contributed by atoms with E-state index in [2.05, 4.69) is 83.5 Å². The van der Waals surface area contributed by atoms with Gasteiger partial charge in [-0.05, 0) is 79.9 Å². The Morgan fingerprint density at radius 2 is 1.74 bits per heavy atom. The van der Waals surface area contributed by atoms with Gasteiger partial charge in [0.15, 0.2) is 0 Å². The first-order valence-corrected chi connectivity index (χ1v) is 15.2. The molecule has 1 saturated heterocycles. The predicted molar refractivity (Wildman–Crippen MR) is 166 cm³/mol. The maximum absolute atomic E-state index is 11.6. The summed E-state index contributed by atoms with van der Waals surface area (Å²) in [5, 5.41) is 16.2. The maximum Gasteiger partial charge on any atom is 0.134 e. The van der Waals surface area contributed by atoms with Gasteiger partial charge in [-0.1, -0.05) is 54.1 Å². The van der Waals surface area contributed by atoms with Gasteiger partial charge in [-0.15, -0.1) is 12.8 Å². The van der Waals surface area contributed by atoms with E-state index in [1.54, 1.807) is 6.26 Å². The Hall–Kier alpha value is -2.79. The molecule has 5 nitrogen and oxygen atoms in total. The van der Waals surface area contributed by atoms with Crippen LogP contribution < -0.4 is 5.32 Å². The van der Waals surface area contributed by atoms with Crippen molar-refractivity contribution in [2.24, 2.45) is 0 Å². The molecule has 206 valence electrons. The molecule has 2 unspecified atom stereocenters. The minimum absolute atomic E-state index is 0.196. The number of aliphatic hydroxyl groups excluding tert-OH is 1. The standard InChI is InChI=1S/C15H17ClN2OS.C15H19NO.C2H2/c1-20(19)13-4-5-14-11(9-13)8-12(15(16)17-14)10-18-6-2-3-7-18;1-12(16-8-9-17)10-13-6-7-14-4-2-3-5-15(14)11-13;1-2/h4-5,8-9H,2-3,6-7,10H2,1H3;2-7,11-12,16-17H,8-10H2,1H3;1-2H. The van der Waals surface area contributed by atoms with E-state index in [-0.39, 0.29) is 6.61 Å². The first-order chi connectivity index (χ1) is 18.9. The van der Waals surface area contributed by atoms with Gasteiger partial charge in [0.25, 0.3) is 0 Å². The van der Waals surface area contributed by atoms with Gasteiger partial charge in [0.1, 0.15) is 5.15 Å². The Bertz CT molecular complexity index is 1400. The van der Waals surface area contributed by atoms with Crippen molar-refractivity contribution in [3.63, 3.8) is 0 Å². The molecule has 0 amide bonds. The smallest absolute Gasteiger partial charge is 0.134 e. The Labute approximate surface area is 240 Å². The number of hydrogen-bond donors (Lipinski definition) is 2. The second-order valence-corrected chi connectivity index (χ2v) is 11.4. The second-order valence-electron chi connectivity index (χ2n) is 9.69. The largest absolute Gasteiger partial charge is 0.395 e. The highest BCUT2D eigenvalue weighted by molar-refractivity contribution is 7.84. The molecule has 2 heterocycles. The summed E-state index contributed by atoms with van der Waals surface area (Å²) in [4.78, 5) is 7.68. The van der Waals surface area contributed by atoms with Crippen molar-refractivity contribution >= 4 is 44.1 Å². The number of terminal acetylenes is 1. The number of aliphatic hydroxyl groups is 1. The van der Waals surface area contributed by atoms with E-state index < -0.39 is 10.8 Å². The highest BCUT2D eigenvalue weighted by Crippen LogP contribution is 2.25. The minimum Gasteiger partial charge on any atom is -0.395 e. The van der Waals surface area contributed by atoms with Crippen LogP contribution in [0.1, 0.15) is 30.9 Å². The number of hydrogen-bond acceptors (Lipinski definition) is 5. The van der Waals surface area contributed by atoms with E-state index in [9.17, 15) is 4.21 Å². The third kappa shape index (κ3) is 9.13. The normalized spacial score (nSPS) is 14.7. The fourth-order valence-corrected chi connectivity index (χ4v) is 5.51. The van der Waals surface area contributed by atoms with E-state index in [0.717, 1.165) is 47.4 Å². The lowest BCUT2D eigenvalue weighted by Crippen LogP contribution is -2.30. The molecule has 3 aromatic carbocycles. The number of nitrogens with one attached hydrogen (secondary N) is 1. The molecule has 1 aromatic heterocycles. The zero-order valence-corrected chi connectivity index (χ0v) is 24.3. The van der Waals surface area contributed by atoms with E-state index in [1.165, 1.54) is 29.2 Å². The third-order valence-electron chi connectivity index (χ3n) is 6.70. The molecule has 1 fully saturated rings. The van der Waals surface area contributed by atoms with E-state index >= 15 is 0 Å². The van der Waals surface area contributed by atoms with Crippen LogP contribution in [0, 0.1) is 12.8 Å². The molecule has 2 N–H and O–H groups in total. The van der Waals surface area contributed by atoms with Crippen LogP contribution in [0.15, 0.2) is 71.6 Å². The topological polar surface area (TPSA) is 65.5 Å². The number of likely N-dealkylation sites (tertiary alicyclic amines) is 1. The quantitative estimate of drug-likeness (QED) is 0.209. The maximum atomic E-state index is 11.6. The highest BCUT2D eigenvalue weighted by atomic mass is 35.5. The molecule has 1 aliphatic rings. The van der Waals surface area contributed by atoms with Crippen LogP contribution in [0.25, 0.3) is 21.7 Å². The fraction of sp³-hybridized carbons (Fsp3) is 0.344. The van der Waals surface area contributed by atoms with Gasteiger partial charge < -0.3 is 10.4 Å². The van der Waals surface area contributed by atoms with Crippen LogP contribution in [-0.2, 0) is 23.8 Å². The summed E-state index contributed by atoms with van der Waals surface area (Å²) >= 11 is 6.29. The summed E-state index contributed by atoms with van der Waals surface area (Å²) < 4.78 is 11.6. The average Bonchev–Trinajstić information content (AvgIpc) is 3.46. The molecule has 0 aliphatic carbocycles. The number of aromatic nitrogens is 1. The summed E-state index contributed by atoms with van der Waals surface area (Å²) in [6, 6.07) is 23.2. The summed E-state index contributed by atoms with van der Waals surface area (Å²) in [6.07, 6.45) is 13.2. The van der Waals surface area contributed by atoms with Crippen LogP contribution in [0.5, 0.6) is 0 Å². The van der Waals surface area contributed by atoms with E-state index in [1.807, 2.05) is 18.2 Å². The number of rotatable bonds is 8. The summed E-state index contributed by atoms with van der Waals surface area (Å²) in [5.41, 5.74) is 3.25. The molecule has 0 radical (unpaired) electrons. The molecule has 0 spiro atoms. The Morgan fingerprint density at radius 1 is 1.03 bits per heavy atom. The van der Waals surface area contributed by atoms with Crippen LogP contribution in [0.4, 0.5) is 0 Å². The summed E-state index contributed by atoms with van der Waals surface area (Å²) in [5.74, 6) is 0. The van der Waals surface area contributed by atoms with Gasteiger partial charge in [-0.2, -0.15) is 0 Å². The van der Waals surface area contributed by atoms with E-state index in [4.69, 9.17) is 16.7 Å². The first-order valence-electron chi connectivity index (χ1n) is 13.2. The molecule has 0 saturated carbocycles. The van der Waals surface area contributed by atoms with Crippen molar-refractivity contribution < 1.29 is 9.32 Å². The summed E-state index contributed by atoms with van der Waals surface area (Å²) in [6.45, 7) is 6.11. The number of pyridine rings is 1. The lowest BCUT2D eigenvalue weighted by Gasteiger charge is -2.15. The third-order valence-corrected chi connectivity index (χ3v) is 7.94. The second kappa shape index (κ2) is 15.7. The van der Waals surface area contributed by atoms with Crippen LogP contribution in [-0.4, -0.2) is 57.7 Å². The Balaban J connectivity index is 0.000000205. The van der Waals surface area contributed by atoms with Crippen molar-refractivity contribution in [3.8, 4) is 12.8 Å². The number of nitrogens with zero attached hydrogens (tertiary/aromatic N) is 2. The fourth-order valence-electron chi connectivity index (χ4n) is 4.75. The average molecular weight is 564 g/mol. The zero-order chi connectivity index (χ0) is 28.2. The highest BCUT2D eigenvalue weighted by Gasteiger charge is 2.15. The van der Waals surface area contributed by atoms with Gasteiger partial charge >= 0.3 is 0 Å². The van der Waals surface area contributed by atoms with E-state index in [0.29, 0.717) is 17.7 Å². The predicted octanol–water partition coefficient (Wildman–Crippen LogP) is 5.82. The molecule has 39 heavy (non-hydrogen) atoms. The van der Waals surface area contributed by atoms with Gasteiger partial charge in [0.05, 0.1) is 12.1 Å². The SMILES string of the molecule is C#C.CC(Cc1ccc2ccccc2c1)NCCO.CS(=O)c1ccc2nc(Cl)c(CN3CCCC3)cc2c1. The van der Waals surface area contributed by atoms with Gasteiger partial charge in [0.2, 0.25) is 0 Å². The zero-order valence-electron chi connectivity index (χ0n) is 22.8. The van der Waals surface area contributed by atoms with Gasteiger partial charge in [-0.25, -0.2) is 4.98 Å². The Morgan fingerprint density at radius 3 is 2.44 bits per heavy atom. The minimum atomic E-state index is -0.972. The molecular weight excluding hydrogens is 526 g/mol. The van der Waals surface area contributed by atoms with Gasteiger partial charge in [0, 0.05) is 52.0 Å². The first kappa shape index (κ1) is 30.7. The van der Waals surface area contributed by atoms with Crippen LogP contribution in [0.2, 0.25) is 5.15 Å². The molecule has 0 bridgehead atoms. The van der Waals surface area contributed by atoms with Crippen molar-refractivity contribution in [2.45, 2.75) is 43.7 Å². The molecule has 2 atom stereocenters. The van der Waals surface area contributed by atoms with Crippen molar-refractivity contribution in [1.82, 2.24) is 15.2 Å². The molecule has 4 aromatic rings. The van der Waals surface area contributed by atoms with Gasteiger partial charge in [-0.3, -0.25) is 9.11 Å². The summed E-state index contributed by atoms with van der Waals surface area (Å²) in [7, 11) is -0.972. The van der Waals surface area contributed by atoms with Crippen LogP contribution >= 0.6 is 11.6 Å². The molecular formula is C32H38ClN3O2S. The lowest BCUT2D eigenvalue weighted by atomic mass is 10.0. The lowest BCUT2D eigenvalue weighted by molar-refractivity contribution is 0.285.